The predicted molar refractivity (Wildman–Crippen MR) is 72.5 cm³/mol. The van der Waals surface area contributed by atoms with E-state index in [4.69, 9.17) is 0 Å². The Morgan fingerprint density at radius 3 is 2.44 bits per heavy atom. The van der Waals surface area contributed by atoms with Gasteiger partial charge in [-0.2, -0.15) is 17.4 Å². The Morgan fingerprint density at radius 1 is 1.33 bits per heavy atom. The highest BCUT2D eigenvalue weighted by Gasteiger charge is 2.48. The van der Waals surface area contributed by atoms with Gasteiger partial charge < -0.3 is 5.32 Å². The van der Waals surface area contributed by atoms with Gasteiger partial charge in [0.25, 0.3) is 10.2 Å². The van der Waals surface area contributed by atoms with E-state index in [9.17, 15) is 8.42 Å². The largest absolute Gasteiger partial charge is 0.314 e. The summed E-state index contributed by atoms with van der Waals surface area (Å²) in [5.74, 6) is 0. The molecule has 0 bridgehead atoms. The summed E-state index contributed by atoms with van der Waals surface area (Å²) in [5, 5.41) is 3.39. The van der Waals surface area contributed by atoms with Gasteiger partial charge in [0.2, 0.25) is 0 Å². The van der Waals surface area contributed by atoms with Crippen molar-refractivity contribution in [2.45, 2.75) is 51.6 Å². The maximum absolute atomic E-state index is 12.0. The standard InChI is InChI=1S/C12H25N3O2S/c1-12(2)9-11(12)14-18(16,17)15(3)8-4-7-13-10-5-6-10/h10-11,13-14H,4-9H2,1-3H3. The molecule has 0 amide bonds. The van der Waals surface area contributed by atoms with Crippen molar-refractivity contribution in [3.63, 3.8) is 0 Å². The summed E-state index contributed by atoms with van der Waals surface area (Å²) in [7, 11) is -1.65. The number of hydrogen-bond acceptors (Lipinski definition) is 3. The molecule has 2 aliphatic rings. The summed E-state index contributed by atoms with van der Waals surface area (Å²) in [6.45, 7) is 5.64. The van der Waals surface area contributed by atoms with E-state index in [2.05, 4.69) is 23.9 Å². The molecule has 0 saturated heterocycles. The fourth-order valence-electron chi connectivity index (χ4n) is 1.95. The van der Waals surface area contributed by atoms with Gasteiger partial charge in [-0.1, -0.05) is 13.8 Å². The SMILES string of the molecule is CN(CCCNC1CC1)S(=O)(=O)NC1CC1(C)C. The summed E-state index contributed by atoms with van der Waals surface area (Å²) in [5.41, 5.74) is 0.126. The Hall–Kier alpha value is -0.170. The molecule has 2 saturated carbocycles. The van der Waals surface area contributed by atoms with Crippen LogP contribution in [-0.2, 0) is 10.2 Å². The minimum absolute atomic E-state index is 0.106. The molecule has 1 unspecified atom stereocenters. The van der Waals surface area contributed by atoms with Crippen LogP contribution in [0.25, 0.3) is 0 Å². The maximum atomic E-state index is 12.0. The molecule has 0 aromatic heterocycles. The van der Waals surface area contributed by atoms with E-state index in [1.54, 1.807) is 7.05 Å². The van der Waals surface area contributed by atoms with Gasteiger partial charge in [0.15, 0.2) is 0 Å². The van der Waals surface area contributed by atoms with Crippen LogP contribution in [0.15, 0.2) is 0 Å². The first-order valence-corrected chi connectivity index (χ1v) is 8.22. The summed E-state index contributed by atoms with van der Waals surface area (Å²) < 4.78 is 28.2. The van der Waals surface area contributed by atoms with E-state index in [1.807, 2.05) is 0 Å². The normalized spacial score (nSPS) is 26.6. The molecule has 6 heteroatoms. The van der Waals surface area contributed by atoms with E-state index in [0.717, 1.165) is 19.4 Å². The first-order chi connectivity index (χ1) is 8.31. The first-order valence-electron chi connectivity index (χ1n) is 6.78. The Labute approximate surface area is 110 Å². The molecule has 2 fully saturated rings. The monoisotopic (exact) mass is 275 g/mol. The van der Waals surface area contributed by atoms with Crippen molar-refractivity contribution in [1.82, 2.24) is 14.3 Å². The van der Waals surface area contributed by atoms with Crippen molar-refractivity contribution in [3.05, 3.63) is 0 Å². The molecular formula is C12H25N3O2S. The molecule has 1 atom stereocenters. The van der Waals surface area contributed by atoms with E-state index >= 15 is 0 Å². The molecule has 106 valence electrons. The fraction of sp³-hybridized carbons (Fsp3) is 1.00. The third-order valence-corrected chi connectivity index (χ3v) is 5.46. The van der Waals surface area contributed by atoms with Crippen molar-refractivity contribution < 1.29 is 8.42 Å². The lowest BCUT2D eigenvalue weighted by Gasteiger charge is -2.18. The summed E-state index contributed by atoms with van der Waals surface area (Å²) >= 11 is 0. The minimum Gasteiger partial charge on any atom is -0.314 e. The highest BCUT2D eigenvalue weighted by Crippen LogP contribution is 2.45. The average molecular weight is 275 g/mol. The average Bonchev–Trinajstić information content (AvgIpc) is 3.14. The molecule has 0 aromatic rings. The first kappa shape index (κ1) is 14.2. The van der Waals surface area contributed by atoms with E-state index in [0.29, 0.717) is 12.6 Å². The molecule has 0 radical (unpaired) electrons. The summed E-state index contributed by atoms with van der Waals surface area (Å²) in [4.78, 5) is 0. The fourth-order valence-corrected chi connectivity index (χ4v) is 3.26. The molecule has 0 spiro atoms. The van der Waals surface area contributed by atoms with Crippen molar-refractivity contribution in [2.24, 2.45) is 5.41 Å². The number of hydrogen-bond donors (Lipinski definition) is 2. The zero-order valence-electron chi connectivity index (χ0n) is 11.6. The maximum Gasteiger partial charge on any atom is 0.279 e. The van der Waals surface area contributed by atoms with Crippen LogP contribution >= 0.6 is 0 Å². The molecule has 18 heavy (non-hydrogen) atoms. The molecule has 2 N–H and O–H groups in total. The Bertz CT molecular complexity index is 390. The quantitative estimate of drug-likeness (QED) is 0.641. The zero-order chi connectivity index (χ0) is 13.4. The topological polar surface area (TPSA) is 61.4 Å². The van der Waals surface area contributed by atoms with Crippen molar-refractivity contribution in [3.8, 4) is 0 Å². The van der Waals surface area contributed by atoms with Gasteiger partial charge in [-0.25, -0.2) is 0 Å². The second kappa shape index (κ2) is 5.07. The van der Waals surface area contributed by atoms with E-state index < -0.39 is 10.2 Å². The smallest absolute Gasteiger partial charge is 0.279 e. The highest BCUT2D eigenvalue weighted by molar-refractivity contribution is 7.87. The van der Waals surface area contributed by atoms with Crippen LogP contribution in [0.5, 0.6) is 0 Å². The second-order valence-electron chi connectivity index (χ2n) is 6.27. The number of nitrogens with one attached hydrogen (secondary N) is 2. The van der Waals surface area contributed by atoms with Gasteiger partial charge >= 0.3 is 0 Å². The van der Waals surface area contributed by atoms with Gasteiger partial charge in [-0.05, 0) is 37.6 Å². The molecule has 0 aromatic carbocycles. The van der Waals surface area contributed by atoms with Gasteiger partial charge in [-0.15, -0.1) is 0 Å². The second-order valence-corrected chi connectivity index (χ2v) is 8.08. The predicted octanol–water partition coefficient (Wildman–Crippen LogP) is 0.693. The van der Waals surface area contributed by atoms with Gasteiger partial charge in [-0.3, -0.25) is 0 Å². The van der Waals surface area contributed by atoms with Crippen molar-refractivity contribution in [1.29, 1.82) is 0 Å². The van der Waals surface area contributed by atoms with Gasteiger partial charge in [0.05, 0.1) is 0 Å². The van der Waals surface area contributed by atoms with Crippen LogP contribution < -0.4 is 10.0 Å². The number of nitrogens with zero attached hydrogens (tertiary/aromatic N) is 1. The van der Waals surface area contributed by atoms with Crippen LogP contribution in [0.1, 0.15) is 39.5 Å². The van der Waals surface area contributed by atoms with Crippen LogP contribution in [-0.4, -0.2) is 44.9 Å². The van der Waals surface area contributed by atoms with E-state index in [-0.39, 0.29) is 11.5 Å². The molecule has 0 aliphatic heterocycles. The lowest BCUT2D eigenvalue weighted by Crippen LogP contribution is -2.41. The summed E-state index contributed by atoms with van der Waals surface area (Å²) in [6.07, 6.45) is 4.34. The van der Waals surface area contributed by atoms with Crippen LogP contribution in [0.4, 0.5) is 0 Å². The third-order valence-electron chi connectivity index (χ3n) is 3.88. The van der Waals surface area contributed by atoms with Gasteiger partial charge in [0.1, 0.15) is 0 Å². The molecule has 2 aliphatic carbocycles. The minimum atomic E-state index is -3.30. The molecule has 0 heterocycles. The third kappa shape index (κ3) is 3.91. The Balaban J connectivity index is 1.67. The van der Waals surface area contributed by atoms with Crippen LogP contribution in [0.3, 0.4) is 0 Å². The lowest BCUT2D eigenvalue weighted by atomic mass is 10.2. The molecular weight excluding hydrogens is 250 g/mol. The molecule has 2 rings (SSSR count). The highest BCUT2D eigenvalue weighted by atomic mass is 32.2. The van der Waals surface area contributed by atoms with Gasteiger partial charge in [0, 0.05) is 25.7 Å². The number of rotatable bonds is 8. The van der Waals surface area contributed by atoms with Crippen LogP contribution in [0.2, 0.25) is 0 Å². The van der Waals surface area contributed by atoms with Crippen molar-refractivity contribution in [2.75, 3.05) is 20.1 Å². The van der Waals surface area contributed by atoms with Crippen molar-refractivity contribution >= 4 is 10.2 Å². The van der Waals surface area contributed by atoms with E-state index in [1.165, 1.54) is 17.1 Å². The zero-order valence-corrected chi connectivity index (χ0v) is 12.4. The molecule has 5 nitrogen and oxygen atoms in total. The Morgan fingerprint density at radius 2 is 1.94 bits per heavy atom. The summed E-state index contributed by atoms with van der Waals surface area (Å²) in [6, 6.07) is 0.798. The lowest BCUT2D eigenvalue weighted by molar-refractivity contribution is 0.439. The van der Waals surface area contributed by atoms with Crippen LogP contribution in [0, 0.1) is 5.41 Å². The Kier molecular flexibility index (Phi) is 4.02.